The van der Waals surface area contributed by atoms with Crippen LogP contribution >= 0.6 is 11.6 Å². The smallest absolute Gasteiger partial charge is 0.265 e. The first-order chi connectivity index (χ1) is 12.6. The summed E-state index contributed by atoms with van der Waals surface area (Å²) in [4.78, 5) is 25.6. The number of fused-ring (bicyclic) bond motifs is 1. The fourth-order valence-electron chi connectivity index (χ4n) is 2.51. The van der Waals surface area contributed by atoms with Gasteiger partial charge in [-0.3, -0.25) is 9.59 Å². The van der Waals surface area contributed by atoms with Crippen molar-refractivity contribution in [2.75, 3.05) is 30.0 Å². The third-order valence-corrected chi connectivity index (χ3v) is 4.01. The molecule has 2 aromatic rings. The van der Waals surface area contributed by atoms with Crippen LogP contribution in [-0.2, 0) is 9.59 Å². The third-order valence-electron chi connectivity index (χ3n) is 3.69. The van der Waals surface area contributed by atoms with E-state index in [1.54, 1.807) is 53.4 Å². The van der Waals surface area contributed by atoms with Gasteiger partial charge in [0.15, 0.2) is 13.2 Å². The number of carbonyl (C=O) groups is 2. The summed E-state index contributed by atoms with van der Waals surface area (Å²) in [6, 6.07) is 12.0. The molecule has 0 bridgehead atoms. The first-order valence-electron chi connectivity index (χ1n) is 7.94. The van der Waals surface area contributed by atoms with Crippen molar-refractivity contribution in [1.82, 2.24) is 0 Å². The van der Waals surface area contributed by atoms with E-state index >= 15 is 0 Å². The van der Waals surface area contributed by atoms with E-state index in [0.717, 1.165) is 0 Å². The topological polar surface area (TPSA) is 67.9 Å². The Morgan fingerprint density at radius 2 is 2.15 bits per heavy atom. The second kappa shape index (κ2) is 7.93. The number of hydrogen-bond donors (Lipinski definition) is 1. The standard InChI is InChI=1S/C19H17ClN2O4/c1-2-9-22-15-8-7-13(10-17(15)26-12-19(22)24)21-18(23)11-25-16-6-4-3-5-14(16)20/h2-8,10H,1,9,11-12H2,(H,21,23). The van der Waals surface area contributed by atoms with Gasteiger partial charge >= 0.3 is 0 Å². The van der Waals surface area contributed by atoms with Gasteiger partial charge in [0.05, 0.1) is 10.7 Å². The molecular weight excluding hydrogens is 356 g/mol. The van der Waals surface area contributed by atoms with Crippen LogP contribution < -0.4 is 19.7 Å². The Balaban J connectivity index is 1.65. The highest BCUT2D eigenvalue weighted by Crippen LogP contribution is 2.34. The summed E-state index contributed by atoms with van der Waals surface area (Å²) >= 11 is 5.99. The second-order valence-corrected chi connectivity index (χ2v) is 5.94. The lowest BCUT2D eigenvalue weighted by Gasteiger charge is -2.28. The molecule has 0 unspecified atom stereocenters. The SMILES string of the molecule is C=CCN1C(=O)COc2cc(NC(=O)COc3ccccc3Cl)ccc21. The monoisotopic (exact) mass is 372 g/mol. The molecule has 7 heteroatoms. The van der Waals surface area contributed by atoms with Crippen molar-refractivity contribution in [3.05, 3.63) is 60.1 Å². The van der Waals surface area contributed by atoms with E-state index in [2.05, 4.69) is 11.9 Å². The highest BCUT2D eigenvalue weighted by atomic mass is 35.5. The summed E-state index contributed by atoms with van der Waals surface area (Å²) in [5.41, 5.74) is 1.19. The van der Waals surface area contributed by atoms with Crippen LogP contribution in [0.5, 0.6) is 11.5 Å². The molecule has 6 nitrogen and oxygen atoms in total. The lowest BCUT2D eigenvalue weighted by Crippen LogP contribution is -2.38. The number of halogens is 1. The van der Waals surface area contributed by atoms with Gasteiger partial charge in [0.2, 0.25) is 0 Å². The molecule has 1 heterocycles. The molecule has 0 saturated carbocycles. The first kappa shape index (κ1) is 17.8. The van der Waals surface area contributed by atoms with Crippen molar-refractivity contribution in [3.8, 4) is 11.5 Å². The zero-order chi connectivity index (χ0) is 18.5. The minimum absolute atomic E-state index is 0.0478. The Kier molecular flexibility index (Phi) is 5.43. The predicted octanol–water partition coefficient (Wildman–Crippen LogP) is 3.27. The molecule has 1 aliphatic heterocycles. The van der Waals surface area contributed by atoms with Crippen molar-refractivity contribution >= 4 is 34.8 Å². The van der Waals surface area contributed by atoms with Gasteiger partial charge in [-0.25, -0.2) is 0 Å². The molecule has 0 aliphatic carbocycles. The van der Waals surface area contributed by atoms with E-state index in [-0.39, 0.29) is 25.0 Å². The Labute approximate surface area is 156 Å². The predicted molar refractivity (Wildman–Crippen MR) is 100 cm³/mol. The van der Waals surface area contributed by atoms with Crippen LogP contribution in [0.4, 0.5) is 11.4 Å². The molecule has 0 spiro atoms. The van der Waals surface area contributed by atoms with Crippen LogP contribution in [0, 0.1) is 0 Å². The van der Waals surface area contributed by atoms with Crippen LogP contribution in [0.1, 0.15) is 0 Å². The number of benzene rings is 2. The molecule has 0 atom stereocenters. The quantitative estimate of drug-likeness (QED) is 0.790. The number of amides is 2. The van der Waals surface area contributed by atoms with E-state index in [1.807, 2.05) is 0 Å². The van der Waals surface area contributed by atoms with Crippen LogP contribution in [0.25, 0.3) is 0 Å². The molecule has 2 amide bonds. The number of rotatable bonds is 6. The number of ether oxygens (including phenoxy) is 2. The van der Waals surface area contributed by atoms with Crippen LogP contribution in [-0.4, -0.2) is 31.6 Å². The van der Waals surface area contributed by atoms with Gasteiger partial charge in [-0.15, -0.1) is 6.58 Å². The molecule has 0 saturated heterocycles. The fourth-order valence-corrected chi connectivity index (χ4v) is 2.70. The van der Waals surface area contributed by atoms with E-state index in [9.17, 15) is 9.59 Å². The van der Waals surface area contributed by atoms with Gasteiger partial charge in [-0.05, 0) is 24.3 Å². The average Bonchev–Trinajstić information content (AvgIpc) is 2.63. The minimum Gasteiger partial charge on any atom is -0.482 e. The number of para-hydroxylation sites is 1. The summed E-state index contributed by atoms with van der Waals surface area (Å²) in [5.74, 6) is 0.495. The normalized spacial score (nSPS) is 12.8. The highest BCUT2D eigenvalue weighted by molar-refractivity contribution is 6.32. The largest absolute Gasteiger partial charge is 0.482 e. The first-order valence-corrected chi connectivity index (χ1v) is 8.31. The van der Waals surface area contributed by atoms with Gasteiger partial charge in [0, 0.05) is 18.3 Å². The molecule has 0 fully saturated rings. The maximum Gasteiger partial charge on any atom is 0.265 e. The van der Waals surface area contributed by atoms with E-state index in [1.165, 1.54) is 0 Å². The lowest BCUT2D eigenvalue weighted by atomic mass is 10.2. The Morgan fingerprint density at radius 1 is 1.35 bits per heavy atom. The van der Waals surface area contributed by atoms with Gasteiger partial charge in [0.1, 0.15) is 11.5 Å². The molecule has 0 radical (unpaired) electrons. The summed E-state index contributed by atoms with van der Waals surface area (Å²) in [6.07, 6.45) is 1.65. The molecule has 26 heavy (non-hydrogen) atoms. The van der Waals surface area contributed by atoms with Gasteiger partial charge in [-0.2, -0.15) is 0 Å². The van der Waals surface area contributed by atoms with E-state index in [4.69, 9.17) is 21.1 Å². The van der Waals surface area contributed by atoms with Crippen molar-refractivity contribution in [3.63, 3.8) is 0 Å². The van der Waals surface area contributed by atoms with Gasteiger partial charge in [0.25, 0.3) is 11.8 Å². The zero-order valence-electron chi connectivity index (χ0n) is 13.9. The van der Waals surface area contributed by atoms with Crippen LogP contribution in [0.15, 0.2) is 55.1 Å². The average molecular weight is 373 g/mol. The van der Waals surface area contributed by atoms with Crippen molar-refractivity contribution in [2.45, 2.75) is 0 Å². The number of anilines is 2. The van der Waals surface area contributed by atoms with Crippen molar-refractivity contribution in [1.29, 1.82) is 0 Å². The Morgan fingerprint density at radius 3 is 2.92 bits per heavy atom. The zero-order valence-corrected chi connectivity index (χ0v) is 14.7. The number of nitrogens with zero attached hydrogens (tertiary/aromatic N) is 1. The number of hydrogen-bond acceptors (Lipinski definition) is 4. The van der Waals surface area contributed by atoms with E-state index < -0.39 is 0 Å². The van der Waals surface area contributed by atoms with Crippen LogP contribution in [0.2, 0.25) is 5.02 Å². The Hall–Kier alpha value is -2.99. The lowest BCUT2D eigenvalue weighted by molar-refractivity contribution is -0.121. The van der Waals surface area contributed by atoms with Crippen molar-refractivity contribution in [2.24, 2.45) is 0 Å². The van der Waals surface area contributed by atoms with Crippen LogP contribution in [0.3, 0.4) is 0 Å². The number of carbonyl (C=O) groups excluding carboxylic acids is 2. The maximum atomic E-state index is 12.1. The van der Waals surface area contributed by atoms with Gasteiger partial charge < -0.3 is 19.7 Å². The molecule has 1 N–H and O–H groups in total. The summed E-state index contributed by atoms with van der Waals surface area (Å²) in [7, 11) is 0. The Bertz CT molecular complexity index is 853. The minimum atomic E-state index is -0.334. The fraction of sp³-hybridized carbons (Fsp3) is 0.158. The van der Waals surface area contributed by atoms with E-state index in [0.29, 0.717) is 34.4 Å². The maximum absolute atomic E-state index is 12.1. The second-order valence-electron chi connectivity index (χ2n) is 5.53. The molecule has 3 rings (SSSR count). The third kappa shape index (κ3) is 3.97. The molecule has 2 aromatic carbocycles. The molecule has 1 aliphatic rings. The summed E-state index contributed by atoms with van der Waals surface area (Å²) in [5, 5.41) is 3.17. The number of nitrogens with one attached hydrogen (secondary N) is 1. The summed E-state index contributed by atoms with van der Waals surface area (Å²) in [6.45, 7) is 3.83. The summed E-state index contributed by atoms with van der Waals surface area (Å²) < 4.78 is 10.9. The highest BCUT2D eigenvalue weighted by Gasteiger charge is 2.24. The van der Waals surface area contributed by atoms with Gasteiger partial charge in [-0.1, -0.05) is 29.8 Å². The molecular formula is C19H17ClN2O4. The molecule has 0 aromatic heterocycles. The van der Waals surface area contributed by atoms with Crippen molar-refractivity contribution < 1.29 is 19.1 Å². The molecule has 134 valence electrons.